The summed E-state index contributed by atoms with van der Waals surface area (Å²) in [5.41, 5.74) is 1.94. The molecule has 1 heterocycles. The van der Waals surface area contributed by atoms with Crippen molar-refractivity contribution < 1.29 is 23.8 Å². The third kappa shape index (κ3) is 4.11. The number of hydrogen-bond acceptors (Lipinski definition) is 5. The first-order valence-electron chi connectivity index (χ1n) is 8.52. The number of para-hydroxylation sites is 1. The van der Waals surface area contributed by atoms with Gasteiger partial charge >= 0.3 is 11.6 Å². The van der Waals surface area contributed by atoms with Gasteiger partial charge in [0.25, 0.3) is 0 Å². The number of carbonyl (C=O) groups is 1. The predicted molar refractivity (Wildman–Crippen MR) is 101 cm³/mol. The number of ether oxygens (including phenoxy) is 2. The molecule has 0 aliphatic carbocycles. The van der Waals surface area contributed by atoms with E-state index < -0.39 is 11.6 Å². The molecule has 0 aliphatic rings. The highest BCUT2D eigenvalue weighted by Crippen LogP contribution is 2.26. The Morgan fingerprint density at radius 1 is 1.19 bits per heavy atom. The molecule has 0 fully saturated rings. The minimum absolute atomic E-state index is 0.114. The van der Waals surface area contributed by atoms with Crippen molar-refractivity contribution in [1.29, 1.82) is 0 Å². The van der Waals surface area contributed by atoms with Crippen molar-refractivity contribution in [2.24, 2.45) is 0 Å². The van der Waals surface area contributed by atoms with Crippen LogP contribution in [0.1, 0.15) is 23.1 Å². The van der Waals surface area contributed by atoms with Crippen LogP contribution in [-0.2, 0) is 17.8 Å². The molecular weight excluding hydrogens is 348 g/mol. The Hall–Kier alpha value is -3.28. The topological polar surface area (TPSA) is 86.0 Å². The van der Waals surface area contributed by atoms with Crippen LogP contribution in [0.25, 0.3) is 11.0 Å². The maximum atomic E-state index is 12.2. The molecule has 0 aliphatic heterocycles. The first kappa shape index (κ1) is 18.5. The number of aryl methyl sites for hydroxylation is 1. The van der Waals surface area contributed by atoms with Gasteiger partial charge in [0.05, 0.1) is 7.11 Å². The molecular formula is C21H20O6. The molecule has 2 aromatic carbocycles. The number of methoxy groups -OCH3 is 1. The zero-order valence-electron chi connectivity index (χ0n) is 15.2. The fraction of sp³-hybridized carbons (Fsp3) is 0.238. The van der Waals surface area contributed by atoms with Crippen LogP contribution in [0.5, 0.6) is 11.5 Å². The van der Waals surface area contributed by atoms with Gasteiger partial charge in [-0.15, -0.1) is 0 Å². The van der Waals surface area contributed by atoms with Gasteiger partial charge in [0.1, 0.15) is 23.7 Å². The second-order valence-corrected chi connectivity index (χ2v) is 6.15. The SMILES string of the molecule is COc1ccccc1COc1ccc2c(C)c(CCC(=O)O)c(=O)oc2c1. The molecule has 0 amide bonds. The highest BCUT2D eigenvalue weighted by atomic mass is 16.5. The van der Waals surface area contributed by atoms with E-state index in [1.165, 1.54) is 0 Å². The minimum Gasteiger partial charge on any atom is -0.496 e. The van der Waals surface area contributed by atoms with E-state index in [4.69, 9.17) is 19.0 Å². The van der Waals surface area contributed by atoms with Crippen molar-refractivity contribution in [3.8, 4) is 11.5 Å². The predicted octanol–water partition coefficient (Wildman–Crippen LogP) is 3.71. The second kappa shape index (κ2) is 7.95. The summed E-state index contributed by atoms with van der Waals surface area (Å²) in [5, 5.41) is 9.60. The van der Waals surface area contributed by atoms with Crippen molar-refractivity contribution in [3.63, 3.8) is 0 Å². The van der Waals surface area contributed by atoms with E-state index in [1.54, 1.807) is 26.2 Å². The molecule has 1 N–H and O–H groups in total. The molecule has 6 heteroatoms. The summed E-state index contributed by atoms with van der Waals surface area (Å²) in [6, 6.07) is 12.8. The van der Waals surface area contributed by atoms with Gasteiger partial charge in [-0.25, -0.2) is 4.79 Å². The van der Waals surface area contributed by atoms with Crippen LogP contribution in [0, 0.1) is 6.92 Å². The summed E-state index contributed by atoms with van der Waals surface area (Å²) >= 11 is 0. The molecule has 0 unspecified atom stereocenters. The Kier molecular flexibility index (Phi) is 5.45. The van der Waals surface area contributed by atoms with E-state index in [0.29, 0.717) is 23.5 Å². The van der Waals surface area contributed by atoms with Crippen LogP contribution in [0.3, 0.4) is 0 Å². The normalized spacial score (nSPS) is 10.7. The van der Waals surface area contributed by atoms with Gasteiger partial charge in [-0.2, -0.15) is 0 Å². The maximum absolute atomic E-state index is 12.2. The molecule has 3 aromatic rings. The lowest BCUT2D eigenvalue weighted by atomic mass is 10.0. The quantitative estimate of drug-likeness (QED) is 0.640. The van der Waals surface area contributed by atoms with E-state index in [-0.39, 0.29) is 12.8 Å². The standard InChI is InChI=1S/C21H20O6/c1-13-16-8-7-15(26-12-14-5-3-4-6-18(14)25-2)11-19(16)27-21(24)17(13)9-10-20(22)23/h3-8,11H,9-10,12H2,1-2H3,(H,22,23). The van der Waals surface area contributed by atoms with Crippen LogP contribution in [0.2, 0.25) is 0 Å². The summed E-state index contributed by atoms with van der Waals surface area (Å²) in [7, 11) is 1.61. The van der Waals surface area contributed by atoms with Crippen molar-refractivity contribution in [2.45, 2.75) is 26.4 Å². The fourth-order valence-corrected chi connectivity index (χ4v) is 2.97. The zero-order valence-corrected chi connectivity index (χ0v) is 15.2. The first-order chi connectivity index (χ1) is 13.0. The Morgan fingerprint density at radius 3 is 2.70 bits per heavy atom. The molecule has 27 heavy (non-hydrogen) atoms. The average molecular weight is 368 g/mol. The second-order valence-electron chi connectivity index (χ2n) is 6.15. The Bertz CT molecular complexity index is 1030. The fourth-order valence-electron chi connectivity index (χ4n) is 2.97. The highest BCUT2D eigenvalue weighted by molar-refractivity contribution is 5.82. The first-order valence-corrected chi connectivity index (χ1v) is 8.52. The van der Waals surface area contributed by atoms with E-state index >= 15 is 0 Å². The summed E-state index contributed by atoms with van der Waals surface area (Å²) < 4.78 is 16.5. The Balaban J connectivity index is 1.86. The third-order valence-electron chi connectivity index (χ3n) is 4.43. The van der Waals surface area contributed by atoms with Gasteiger partial charge in [0.2, 0.25) is 0 Å². The molecule has 0 spiro atoms. The third-order valence-corrected chi connectivity index (χ3v) is 4.43. The minimum atomic E-state index is -0.950. The number of aliphatic carboxylic acids is 1. The van der Waals surface area contributed by atoms with Crippen LogP contribution < -0.4 is 15.1 Å². The van der Waals surface area contributed by atoms with Crippen LogP contribution in [0.4, 0.5) is 0 Å². The highest BCUT2D eigenvalue weighted by Gasteiger charge is 2.13. The van der Waals surface area contributed by atoms with E-state index in [2.05, 4.69) is 0 Å². The number of rotatable bonds is 7. The van der Waals surface area contributed by atoms with E-state index in [1.807, 2.05) is 30.3 Å². The summed E-state index contributed by atoms with van der Waals surface area (Å²) in [6.45, 7) is 2.11. The van der Waals surface area contributed by atoms with Gasteiger partial charge in [-0.3, -0.25) is 4.79 Å². The molecule has 0 atom stereocenters. The number of carboxylic acids is 1. The molecule has 140 valence electrons. The lowest BCUT2D eigenvalue weighted by Gasteiger charge is -2.11. The van der Waals surface area contributed by atoms with Gasteiger partial charge in [0, 0.05) is 29.0 Å². The average Bonchev–Trinajstić information content (AvgIpc) is 2.66. The van der Waals surface area contributed by atoms with Gasteiger partial charge in [-0.05, 0) is 37.1 Å². The maximum Gasteiger partial charge on any atom is 0.339 e. The van der Waals surface area contributed by atoms with Gasteiger partial charge in [-0.1, -0.05) is 18.2 Å². The number of benzene rings is 2. The summed E-state index contributed by atoms with van der Waals surface area (Å²) in [6.07, 6.45) is 0.0305. The van der Waals surface area contributed by atoms with E-state index in [9.17, 15) is 9.59 Å². The molecule has 0 radical (unpaired) electrons. The lowest BCUT2D eigenvalue weighted by molar-refractivity contribution is -0.136. The molecule has 3 rings (SSSR count). The smallest absolute Gasteiger partial charge is 0.339 e. The molecule has 0 saturated heterocycles. The van der Waals surface area contributed by atoms with Crippen molar-refractivity contribution in [3.05, 3.63) is 69.6 Å². The van der Waals surface area contributed by atoms with Crippen molar-refractivity contribution in [2.75, 3.05) is 7.11 Å². The summed E-state index contributed by atoms with van der Waals surface area (Å²) in [5.74, 6) is 0.354. The van der Waals surface area contributed by atoms with Gasteiger partial charge in [0.15, 0.2) is 0 Å². The molecule has 0 bridgehead atoms. The molecule has 0 saturated carbocycles. The van der Waals surface area contributed by atoms with Gasteiger partial charge < -0.3 is 19.0 Å². The number of hydrogen-bond donors (Lipinski definition) is 1. The van der Waals surface area contributed by atoms with Crippen LogP contribution >= 0.6 is 0 Å². The van der Waals surface area contributed by atoms with Crippen LogP contribution in [0.15, 0.2) is 51.7 Å². The molecule has 6 nitrogen and oxygen atoms in total. The van der Waals surface area contributed by atoms with E-state index in [0.717, 1.165) is 22.3 Å². The monoisotopic (exact) mass is 368 g/mol. The Morgan fingerprint density at radius 2 is 1.96 bits per heavy atom. The number of fused-ring (bicyclic) bond motifs is 1. The Labute approximate surface area is 156 Å². The van der Waals surface area contributed by atoms with Crippen LogP contribution in [-0.4, -0.2) is 18.2 Å². The zero-order chi connectivity index (χ0) is 19.4. The largest absolute Gasteiger partial charge is 0.496 e. The number of carboxylic acid groups (broad SMARTS) is 1. The lowest BCUT2D eigenvalue weighted by Crippen LogP contribution is -2.12. The summed E-state index contributed by atoms with van der Waals surface area (Å²) in [4.78, 5) is 23.0. The van der Waals surface area contributed by atoms with Crippen molar-refractivity contribution in [1.82, 2.24) is 0 Å². The van der Waals surface area contributed by atoms with Crippen molar-refractivity contribution >= 4 is 16.9 Å². The molecule has 1 aromatic heterocycles.